The van der Waals surface area contributed by atoms with Gasteiger partial charge in [0.1, 0.15) is 11.5 Å². The Bertz CT molecular complexity index is 1220. The number of phenolic OH excluding ortho intramolecular Hbond substituents is 2. The molecule has 0 atom stereocenters. The molecular formula is C42H57O2Ta-3. The van der Waals surface area contributed by atoms with Gasteiger partial charge in [0, 0.05) is 22.4 Å². The van der Waals surface area contributed by atoms with Crippen LogP contribution in [0, 0.1) is 32.9 Å². The summed E-state index contributed by atoms with van der Waals surface area (Å²) in [4.78, 5) is 0. The van der Waals surface area contributed by atoms with Crippen LogP contribution < -0.4 is 0 Å². The predicted molar refractivity (Wildman–Crippen MR) is 191 cm³/mol. The molecule has 4 aromatic carbocycles. The van der Waals surface area contributed by atoms with Gasteiger partial charge in [-0.05, 0) is 38.5 Å². The number of hydrogen-bond donors (Lipinski definition) is 2. The molecule has 0 heterocycles. The van der Waals surface area contributed by atoms with Crippen molar-refractivity contribution in [3.63, 3.8) is 0 Å². The molecule has 0 aromatic heterocycles. The SMILES string of the molecule is CC(C)(C)c1cccc(C(C)(C)C)c1O.Cc1cc[c-]cc1.Cc1cc[c-]cc1.[CH2-]C(C)(C)c1cccc(C(C)(C)C)c1O.[Ta]. The molecule has 0 saturated heterocycles. The largest absolute Gasteiger partial charge is 0.507 e. The fourth-order valence-electron chi connectivity index (χ4n) is 4.39. The molecule has 245 valence electrons. The van der Waals surface area contributed by atoms with Gasteiger partial charge in [-0.2, -0.15) is 71.8 Å². The van der Waals surface area contributed by atoms with Crippen molar-refractivity contribution in [3.05, 3.63) is 137 Å². The van der Waals surface area contributed by atoms with E-state index in [4.69, 9.17) is 0 Å². The van der Waals surface area contributed by atoms with Gasteiger partial charge in [0.25, 0.3) is 0 Å². The summed E-state index contributed by atoms with van der Waals surface area (Å²) in [5.74, 6) is 0.850. The zero-order valence-electron chi connectivity index (χ0n) is 30.1. The van der Waals surface area contributed by atoms with Crippen LogP contribution in [0.25, 0.3) is 0 Å². The van der Waals surface area contributed by atoms with E-state index in [0.29, 0.717) is 11.5 Å². The van der Waals surface area contributed by atoms with E-state index in [1.54, 1.807) is 0 Å². The van der Waals surface area contributed by atoms with Crippen molar-refractivity contribution in [1.29, 1.82) is 0 Å². The second-order valence-corrected chi connectivity index (χ2v) is 15.2. The first-order valence-electron chi connectivity index (χ1n) is 15.4. The van der Waals surface area contributed by atoms with Crippen molar-refractivity contribution in [1.82, 2.24) is 0 Å². The molecule has 4 rings (SSSR count). The monoisotopic (exact) mass is 774 g/mol. The van der Waals surface area contributed by atoms with Gasteiger partial charge in [0.05, 0.1) is 0 Å². The molecule has 0 fully saturated rings. The fraction of sp³-hybridized carbons (Fsp3) is 0.405. The Morgan fingerprint density at radius 3 is 0.911 bits per heavy atom. The van der Waals surface area contributed by atoms with E-state index < -0.39 is 0 Å². The Labute approximate surface area is 291 Å². The molecule has 2 nitrogen and oxygen atoms in total. The van der Waals surface area contributed by atoms with Crippen LogP contribution >= 0.6 is 0 Å². The van der Waals surface area contributed by atoms with Crippen molar-refractivity contribution >= 4 is 0 Å². The number of aryl methyl sites for hydroxylation is 2. The first-order valence-corrected chi connectivity index (χ1v) is 15.4. The molecule has 45 heavy (non-hydrogen) atoms. The summed E-state index contributed by atoms with van der Waals surface area (Å²) >= 11 is 0. The maximum atomic E-state index is 10.3. The van der Waals surface area contributed by atoms with Gasteiger partial charge in [0.15, 0.2) is 0 Å². The van der Waals surface area contributed by atoms with Gasteiger partial charge < -0.3 is 17.1 Å². The molecule has 0 aliphatic carbocycles. The summed E-state index contributed by atoms with van der Waals surface area (Å²) in [5.41, 5.74) is 6.21. The van der Waals surface area contributed by atoms with E-state index in [2.05, 4.69) is 95.2 Å². The second-order valence-electron chi connectivity index (χ2n) is 15.2. The van der Waals surface area contributed by atoms with Crippen molar-refractivity contribution in [2.24, 2.45) is 0 Å². The van der Waals surface area contributed by atoms with Crippen LogP contribution in [-0.4, -0.2) is 10.2 Å². The summed E-state index contributed by atoms with van der Waals surface area (Å²) in [6.07, 6.45) is 0. The van der Waals surface area contributed by atoms with Crippen LogP contribution in [0.15, 0.2) is 84.9 Å². The van der Waals surface area contributed by atoms with Crippen molar-refractivity contribution in [2.45, 2.75) is 112 Å². The van der Waals surface area contributed by atoms with Crippen LogP contribution in [0.1, 0.15) is 110 Å². The second kappa shape index (κ2) is 17.8. The average Bonchev–Trinajstić information content (AvgIpc) is 2.88. The predicted octanol–water partition coefficient (Wildman–Crippen LogP) is 11.4. The molecule has 1 radical (unpaired) electrons. The number of aromatic hydroxyl groups is 2. The third-order valence-corrected chi connectivity index (χ3v) is 7.00. The quantitative estimate of drug-likeness (QED) is 0.189. The minimum absolute atomic E-state index is 0. The first-order chi connectivity index (χ1) is 20.1. The van der Waals surface area contributed by atoms with Gasteiger partial charge in [-0.1, -0.05) is 126 Å². The smallest absolute Gasteiger partial charge is 0.123 e. The zero-order chi connectivity index (χ0) is 33.9. The number of para-hydroxylation sites is 2. The van der Waals surface area contributed by atoms with E-state index in [-0.39, 0.29) is 44.0 Å². The van der Waals surface area contributed by atoms with Crippen LogP contribution in [0.2, 0.25) is 0 Å². The minimum Gasteiger partial charge on any atom is -0.507 e. The molecule has 0 aliphatic rings. The maximum Gasteiger partial charge on any atom is 0.123 e. The third-order valence-electron chi connectivity index (χ3n) is 7.00. The van der Waals surface area contributed by atoms with E-state index in [9.17, 15) is 10.2 Å². The first kappa shape index (κ1) is 42.2. The molecule has 0 bridgehead atoms. The Morgan fingerprint density at radius 1 is 0.467 bits per heavy atom. The molecule has 3 heteroatoms. The molecule has 4 aromatic rings. The number of benzene rings is 4. The molecule has 0 unspecified atom stereocenters. The Hall–Kier alpha value is -2.78. The van der Waals surface area contributed by atoms with E-state index >= 15 is 0 Å². The molecule has 2 N–H and O–H groups in total. The van der Waals surface area contributed by atoms with Crippen molar-refractivity contribution in [2.75, 3.05) is 0 Å². The van der Waals surface area contributed by atoms with E-state index in [1.807, 2.05) is 98.8 Å². The van der Waals surface area contributed by atoms with Crippen LogP contribution in [0.5, 0.6) is 11.5 Å². The summed E-state index contributed by atoms with van der Waals surface area (Å²) < 4.78 is 0. The van der Waals surface area contributed by atoms with E-state index in [1.165, 1.54) is 11.1 Å². The maximum absolute atomic E-state index is 10.3. The number of hydrogen-bond acceptors (Lipinski definition) is 2. The van der Waals surface area contributed by atoms with Crippen LogP contribution in [0.3, 0.4) is 0 Å². The minimum atomic E-state index is -0.259. The van der Waals surface area contributed by atoms with Crippen molar-refractivity contribution < 1.29 is 32.6 Å². The van der Waals surface area contributed by atoms with Gasteiger partial charge in [-0.3, -0.25) is 0 Å². The van der Waals surface area contributed by atoms with Gasteiger partial charge in [-0.25, -0.2) is 0 Å². The molecule has 0 spiro atoms. The van der Waals surface area contributed by atoms with Crippen LogP contribution in [0.4, 0.5) is 0 Å². The van der Waals surface area contributed by atoms with Crippen LogP contribution in [-0.2, 0) is 44.0 Å². The molecule has 0 saturated carbocycles. The third kappa shape index (κ3) is 14.9. The summed E-state index contributed by atoms with van der Waals surface area (Å²) in [6.45, 7) is 31.2. The Kier molecular flexibility index (Phi) is 16.7. The zero-order valence-corrected chi connectivity index (χ0v) is 33.3. The Morgan fingerprint density at radius 2 is 0.711 bits per heavy atom. The topological polar surface area (TPSA) is 40.5 Å². The molecule has 0 aliphatic heterocycles. The number of rotatable bonds is 1. The van der Waals surface area contributed by atoms with E-state index in [0.717, 1.165) is 22.3 Å². The molecular weight excluding hydrogens is 717 g/mol. The summed E-state index contributed by atoms with van der Waals surface area (Å²) in [7, 11) is 0. The van der Waals surface area contributed by atoms with Gasteiger partial charge >= 0.3 is 0 Å². The molecule has 0 amide bonds. The summed E-state index contributed by atoms with van der Waals surface area (Å²) in [6, 6.07) is 33.6. The normalized spacial score (nSPS) is 11.3. The van der Waals surface area contributed by atoms with Crippen molar-refractivity contribution in [3.8, 4) is 11.5 Å². The standard InChI is InChI=1S/C14H22O.C14H21O.2C7H7.Ta/c2*1-13(2,3)10-8-7-9-11(12(10)15)14(4,5)6;2*1-7-5-3-2-4-6-7;/h7-9,15H,1-6H3;7-9,15H,1H2,2-6H3;2*3-6H,1H3;/q;3*-1;. The van der Waals surface area contributed by atoms with Gasteiger partial charge in [0.2, 0.25) is 0 Å². The van der Waals surface area contributed by atoms with Gasteiger partial charge in [-0.15, -0.1) is 5.41 Å². The fourth-order valence-corrected chi connectivity index (χ4v) is 4.39. The Balaban J connectivity index is 0.000000602. The number of phenols is 2. The average molecular weight is 775 g/mol. The summed E-state index contributed by atoms with van der Waals surface area (Å²) in [5, 5.41) is 20.5.